The average Bonchev–Trinajstić information content (AvgIpc) is 2.80. The lowest BCUT2D eigenvalue weighted by Crippen LogP contribution is -2.30. The second kappa shape index (κ2) is 5.85. The predicted octanol–water partition coefficient (Wildman–Crippen LogP) is 3.80. The number of nitrogens with one attached hydrogen (secondary N) is 1. The second-order valence-corrected chi connectivity index (χ2v) is 5.28. The van der Waals surface area contributed by atoms with Gasteiger partial charge in [0.15, 0.2) is 0 Å². The van der Waals surface area contributed by atoms with Crippen LogP contribution in [0.2, 0.25) is 10.0 Å². The van der Waals surface area contributed by atoms with Crippen LogP contribution < -0.4 is 11.3 Å². The van der Waals surface area contributed by atoms with Gasteiger partial charge in [0.1, 0.15) is 0 Å². The van der Waals surface area contributed by atoms with E-state index in [0.717, 1.165) is 12.0 Å². The van der Waals surface area contributed by atoms with Crippen LogP contribution in [0.5, 0.6) is 0 Å². The van der Waals surface area contributed by atoms with E-state index in [1.54, 1.807) is 11.3 Å². The van der Waals surface area contributed by atoms with Crippen LogP contribution in [0.4, 0.5) is 0 Å². The van der Waals surface area contributed by atoms with E-state index in [1.807, 2.05) is 23.6 Å². The van der Waals surface area contributed by atoms with Crippen LogP contribution in [0.25, 0.3) is 0 Å². The van der Waals surface area contributed by atoms with Crippen molar-refractivity contribution in [2.24, 2.45) is 5.84 Å². The van der Waals surface area contributed by atoms with E-state index in [-0.39, 0.29) is 6.04 Å². The maximum atomic E-state index is 6.17. The molecular formula is C12H12Cl2N2S. The Morgan fingerprint density at radius 2 is 1.94 bits per heavy atom. The summed E-state index contributed by atoms with van der Waals surface area (Å²) in [5, 5.41) is 5.40. The molecule has 2 nitrogen and oxygen atoms in total. The van der Waals surface area contributed by atoms with Crippen molar-refractivity contribution >= 4 is 34.5 Å². The summed E-state index contributed by atoms with van der Waals surface area (Å²) in [6, 6.07) is 7.46. The summed E-state index contributed by atoms with van der Waals surface area (Å²) in [6.45, 7) is 0. The molecule has 0 bridgehead atoms. The van der Waals surface area contributed by atoms with Crippen LogP contribution in [0.15, 0.2) is 35.0 Å². The molecule has 0 saturated carbocycles. The average molecular weight is 287 g/mol. The summed E-state index contributed by atoms with van der Waals surface area (Å²) < 4.78 is 0. The highest BCUT2D eigenvalue weighted by Gasteiger charge is 2.17. The van der Waals surface area contributed by atoms with Gasteiger partial charge in [-0.2, -0.15) is 11.3 Å². The molecule has 0 spiro atoms. The Hall–Kier alpha value is -0.580. The van der Waals surface area contributed by atoms with Crippen LogP contribution in [-0.2, 0) is 6.42 Å². The van der Waals surface area contributed by atoms with Crippen molar-refractivity contribution in [1.29, 1.82) is 0 Å². The number of thiophene rings is 1. The van der Waals surface area contributed by atoms with E-state index >= 15 is 0 Å². The lowest BCUT2D eigenvalue weighted by atomic mass is 10.0. The molecule has 1 aromatic heterocycles. The molecule has 0 aliphatic heterocycles. The number of rotatable bonds is 4. The van der Waals surface area contributed by atoms with Crippen LogP contribution in [0.3, 0.4) is 0 Å². The maximum absolute atomic E-state index is 6.17. The molecule has 2 aromatic rings. The Morgan fingerprint density at radius 3 is 2.47 bits per heavy atom. The Balaban J connectivity index is 2.29. The van der Waals surface area contributed by atoms with Crippen molar-refractivity contribution in [3.63, 3.8) is 0 Å². The van der Waals surface area contributed by atoms with E-state index in [2.05, 4.69) is 16.9 Å². The normalized spacial score (nSPS) is 12.6. The molecule has 0 amide bonds. The van der Waals surface area contributed by atoms with Gasteiger partial charge in [0, 0.05) is 15.6 Å². The summed E-state index contributed by atoms with van der Waals surface area (Å²) >= 11 is 14.0. The Kier molecular flexibility index (Phi) is 4.42. The summed E-state index contributed by atoms with van der Waals surface area (Å²) in [7, 11) is 0. The smallest absolute Gasteiger partial charge is 0.0530 e. The van der Waals surface area contributed by atoms with Gasteiger partial charge in [0.05, 0.1) is 6.04 Å². The third-order valence-corrected chi connectivity index (χ3v) is 3.96. The van der Waals surface area contributed by atoms with E-state index in [1.165, 1.54) is 5.56 Å². The lowest BCUT2D eigenvalue weighted by Gasteiger charge is -2.18. The van der Waals surface area contributed by atoms with Gasteiger partial charge in [0.25, 0.3) is 0 Å². The molecule has 3 N–H and O–H groups in total. The Morgan fingerprint density at radius 1 is 1.24 bits per heavy atom. The Bertz CT molecular complexity index is 465. The fraction of sp³-hybridized carbons (Fsp3) is 0.167. The number of halogens is 2. The van der Waals surface area contributed by atoms with Gasteiger partial charge in [-0.1, -0.05) is 29.3 Å². The number of benzene rings is 1. The monoisotopic (exact) mass is 286 g/mol. The summed E-state index contributed by atoms with van der Waals surface area (Å²) in [6.07, 6.45) is 0.767. The molecule has 1 unspecified atom stereocenters. The number of hydrazine groups is 1. The summed E-state index contributed by atoms with van der Waals surface area (Å²) in [5.74, 6) is 5.60. The minimum Gasteiger partial charge on any atom is -0.271 e. The van der Waals surface area contributed by atoms with Gasteiger partial charge in [-0.25, -0.2) is 0 Å². The minimum absolute atomic E-state index is 0.0780. The molecule has 0 fully saturated rings. The van der Waals surface area contributed by atoms with E-state index in [0.29, 0.717) is 10.0 Å². The Labute approximate surface area is 114 Å². The number of nitrogens with two attached hydrogens (primary N) is 1. The molecule has 17 heavy (non-hydrogen) atoms. The fourth-order valence-corrected chi connectivity index (χ4v) is 3.07. The molecule has 0 radical (unpaired) electrons. The molecule has 1 heterocycles. The van der Waals surface area contributed by atoms with Crippen LogP contribution in [-0.4, -0.2) is 0 Å². The molecule has 2 rings (SSSR count). The van der Waals surface area contributed by atoms with E-state index in [4.69, 9.17) is 29.0 Å². The van der Waals surface area contributed by atoms with E-state index < -0.39 is 0 Å². The van der Waals surface area contributed by atoms with Crippen molar-refractivity contribution in [1.82, 2.24) is 5.43 Å². The highest BCUT2D eigenvalue weighted by atomic mass is 35.5. The highest BCUT2D eigenvalue weighted by Crippen LogP contribution is 2.31. The van der Waals surface area contributed by atoms with Gasteiger partial charge in [-0.3, -0.25) is 11.3 Å². The highest BCUT2D eigenvalue weighted by molar-refractivity contribution is 7.07. The van der Waals surface area contributed by atoms with Crippen molar-refractivity contribution in [3.8, 4) is 0 Å². The zero-order chi connectivity index (χ0) is 12.3. The number of hydrogen-bond acceptors (Lipinski definition) is 3. The minimum atomic E-state index is -0.0780. The van der Waals surface area contributed by atoms with E-state index in [9.17, 15) is 0 Å². The zero-order valence-electron chi connectivity index (χ0n) is 8.99. The van der Waals surface area contributed by atoms with Gasteiger partial charge < -0.3 is 0 Å². The largest absolute Gasteiger partial charge is 0.271 e. The van der Waals surface area contributed by atoms with Gasteiger partial charge >= 0.3 is 0 Å². The van der Waals surface area contributed by atoms with Crippen molar-refractivity contribution in [3.05, 3.63) is 56.2 Å². The van der Waals surface area contributed by atoms with Crippen LogP contribution in [0.1, 0.15) is 17.2 Å². The van der Waals surface area contributed by atoms with Crippen LogP contribution in [0, 0.1) is 0 Å². The zero-order valence-corrected chi connectivity index (χ0v) is 11.3. The molecule has 1 aromatic carbocycles. The topological polar surface area (TPSA) is 38.0 Å². The summed E-state index contributed by atoms with van der Waals surface area (Å²) in [5.41, 5.74) is 4.84. The third-order valence-electron chi connectivity index (χ3n) is 2.57. The maximum Gasteiger partial charge on any atom is 0.0530 e. The first-order valence-electron chi connectivity index (χ1n) is 5.13. The first-order valence-corrected chi connectivity index (χ1v) is 6.83. The van der Waals surface area contributed by atoms with Crippen LogP contribution >= 0.6 is 34.5 Å². The van der Waals surface area contributed by atoms with Crippen molar-refractivity contribution < 1.29 is 0 Å². The molecule has 5 heteroatoms. The SMILES string of the molecule is NNC(Cc1ccsc1)c1c(Cl)cccc1Cl. The van der Waals surface area contributed by atoms with Crippen molar-refractivity contribution in [2.75, 3.05) is 0 Å². The molecule has 1 atom stereocenters. The van der Waals surface area contributed by atoms with Crippen molar-refractivity contribution in [2.45, 2.75) is 12.5 Å². The lowest BCUT2D eigenvalue weighted by molar-refractivity contribution is 0.553. The first kappa shape index (κ1) is 12.9. The van der Waals surface area contributed by atoms with Gasteiger partial charge in [-0.15, -0.1) is 0 Å². The summed E-state index contributed by atoms with van der Waals surface area (Å²) in [4.78, 5) is 0. The molecule has 0 aliphatic carbocycles. The standard InChI is InChI=1S/C12H12Cl2N2S/c13-9-2-1-3-10(14)12(9)11(16-15)6-8-4-5-17-7-8/h1-5,7,11,16H,6,15H2. The van der Waals surface area contributed by atoms with Gasteiger partial charge in [0.2, 0.25) is 0 Å². The molecule has 0 aliphatic rings. The predicted molar refractivity (Wildman–Crippen MR) is 74.5 cm³/mol. The third kappa shape index (κ3) is 3.00. The molecule has 90 valence electrons. The second-order valence-electron chi connectivity index (χ2n) is 3.69. The number of hydrogen-bond donors (Lipinski definition) is 2. The quantitative estimate of drug-likeness (QED) is 0.663. The van der Waals surface area contributed by atoms with Gasteiger partial charge in [-0.05, 0) is 40.9 Å². The molecular weight excluding hydrogens is 275 g/mol. The first-order chi connectivity index (χ1) is 8.22. The molecule has 0 saturated heterocycles. The fourth-order valence-electron chi connectivity index (χ4n) is 1.73.